The highest BCUT2D eigenvalue weighted by Gasteiger charge is 2.09. The highest BCUT2D eigenvalue weighted by Crippen LogP contribution is 2.27. The molecular formula is C22H23N3O3. The van der Waals surface area contributed by atoms with Gasteiger partial charge in [0.05, 0.1) is 26.1 Å². The Morgan fingerprint density at radius 2 is 1.79 bits per heavy atom. The summed E-state index contributed by atoms with van der Waals surface area (Å²) >= 11 is 0. The van der Waals surface area contributed by atoms with E-state index in [1.54, 1.807) is 26.5 Å². The van der Waals surface area contributed by atoms with Gasteiger partial charge in [-0.1, -0.05) is 18.2 Å². The summed E-state index contributed by atoms with van der Waals surface area (Å²) in [6.45, 7) is 2.40. The average Bonchev–Trinajstić information content (AvgIpc) is 2.72. The Labute approximate surface area is 164 Å². The van der Waals surface area contributed by atoms with Crippen molar-refractivity contribution in [1.29, 1.82) is 0 Å². The van der Waals surface area contributed by atoms with Gasteiger partial charge in [0, 0.05) is 12.2 Å². The number of carbonyl (C=O) groups is 1. The number of nitrogens with one attached hydrogen (secondary N) is 2. The third-order valence-electron chi connectivity index (χ3n) is 4.20. The van der Waals surface area contributed by atoms with Crippen molar-refractivity contribution in [3.05, 3.63) is 77.6 Å². The van der Waals surface area contributed by atoms with Crippen LogP contribution < -0.4 is 20.1 Å². The van der Waals surface area contributed by atoms with E-state index in [9.17, 15) is 4.79 Å². The molecule has 28 heavy (non-hydrogen) atoms. The van der Waals surface area contributed by atoms with Gasteiger partial charge in [-0.3, -0.25) is 4.79 Å². The molecule has 0 aliphatic carbocycles. The second-order valence-electron chi connectivity index (χ2n) is 6.30. The summed E-state index contributed by atoms with van der Waals surface area (Å²) in [6, 6.07) is 17.1. The van der Waals surface area contributed by atoms with Gasteiger partial charge in [0.15, 0.2) is 11.5 Å². The lowest BCUT2D eigenvalue weighted by atomic mass is 10.2. The molecule has 0 atom stereocenters. The number of nitrogens with zero attached hydrogens (tertiary/aromatic N) is 1. The second kappa shape index (κ2) is 8.90. The van der Waals surface area contributed by atoms with Crippen molar-refractivity contribution in [2.75, 3.05) is 19.5 Å². The maximum absolute atomic E-state index is 12.4. The number of ether oxygens (including phenoxy) is 2. The quantitative estimate of drug-likeness (QED) is 0.649. The van der Waals surface area contributed by atoms with Crippen LogP contribution in [0.5, 0.6) is 11.5 Å². The molecule has 0 aliphatic rings. The van der Waals surface area contributed by atoms with Gasteiger partial charge in [-0.05, 0) is 54.4 Å². The van der Waals surface area contributed by atoms with Crippen molar-refractivity contribution in [3.8, 4) is 11.5 Å². The largest absolute Gasteiger partial charge is 0.493 e. The molecule has 0 saturated carbocycles. The van der Waals surface area contributed by atoms with Gasteiger partial charge in [0.25, 0.3) is 5.91 Å². The molecule has 144 valence electrons. The van der Waals surface area contributed by atoms with Gasteiger partial charge in [0.2, 0.25) is 0 Å². The fraction of sp³-hybridized carbons (Fsp3) is 0.182. The summed E-state index contributed by atoms with van der Waals surface area (Å²) in [5.41, 5.74) is 4.23. The van der Waals surface area contributed by atoms with Crippen molar-refractivity contribution in [1.82, 2.24) is 10.3 Å². The lowest BCUT2D eigenvalue weighted by molar-refractivity contribution is 0.0946. The Hall–Kier alpha value is -3.54. The van der Waals surface area contributed by atoms with Gasteiger partial charge in [-0.15, -0.1) is 0 Å². The first kappa shape index (κ1) is 19.2. The first-order chi connectivity index (χ1) is 13.6. The zero-order chi connectivity index (χ0) is 19.9. The van der Waals surface area contributed by atoms with Gasteiger partial charge < -0.3 is 20.1 Å². The molecule has 2 aromatic carbocycles. The second-order valence-corrected chi connectivity index (χ2v) is 6.30. The number of aryl methyl sites for hydroxylation is 1. The highest BCUT2D eigenvalue weighted by molar-refractivity contribution is 5.92. The molecule has 0 saturated heterocycles. The van der Waals surface area contributed by atoms with E-state index in [1.807, 2.05) is 55.5 Å². The molecule has 0 radical (unpaired) electrons. The van der Waals surface area contributed by atoms with Crippen LogP contribution in [0.2, 0.25) is 0 Å². The van der Waals surface area contributed by atoms with E-state index in [-0.39, 0.29) is 5.91 Å². The van der Waals surface area contributed by atoms with Crippen molar-refractivity contribution in [2.45, 2.75) is 13.5 Å². The molecule has 3 aromatic rings. The number of anilines is 2. The number of hydrogen-bond donors (Lipinski definition) is 2. The molecule has 0 bridgehead atoms. The summed E-state index contributed by atoms with van der Waals surface area (Å²) in [5, 5.41) is 6.13. The minimum atomic E-state index is -0.239. The summed E-state index contributed by atoms with van der Waals surface area (Å²) in [6.07, 6.45) is 1.65. The third kappa shape index (κ3) is 4.79. The van der Waals surface area contributed by atoms with Crippen LogP contribution >= 0.6 is 0 Å². The van der Waals surface area contributed by atoms with Gasteiger partial charge in [0.1, 0.15) is 5.69 Å². The smallest absolute Gasteiger partial charge is 0.270 e. The standard InChI is InChI=1S/C22H23N3O3/c1-15-5-4-6-17(11-15)25-18-8-9-19(23-14-18)22(26)24-13-16-7-10-20(27-2)21(12-16)28-3/h4-12,14,25H,13H2,1-3H3,(H,24,26). The van der Waals surface area contributed by atoms with E-state index < -0.39 is 0 Å². The third-order valence-corrected chi connectivity index (χ3v) is 4.20. The van der Waals surface area contributed by atoms with E-state index >= 15 is 0 Å². The number of hydrogen-bond acceptors (Lipinski definition) is 5. The predicted octanol–water partition coefficient (Wildman–Crippen LogP) is 4.08. The molecule has 0 unspecified atom stereocenters. The molecule has 0 spiro atoms. The van der Waals surface area contributed by atoms with Crippen LogP contribution in [-0.4, -0.2) is 25.1 Å². The monoisotopic (exact) mass is 377 g/mol. The number of carbonyl (C=O) groups excluding carboxylic acids is 1. The Morgan fingerprint density at radius 3 is 2.46 bits per heavy atom. The zero-order valence-electron chi connectivity index (χ0n) is 16.2. The van der Waals surface area contributed by atoms with Crippen LogP contribution in [0.4, 0.5) is 11.4 Å². The summed E-state index contributed by atoms with van der Waals surface area (Å²) in [5.74, 6) is 1.03. The average molecular weight is 377 g/mol. The Balaban J connectivity index is 1.60. The first-order valence-electron chi connectivity index (χ1n) is 8.88. The summed E-state index contributed by atoms with van der Waals surface area (Å²) < 4.78 is 10.5. The van der Waals surface area contributed by atoms with E-state index in [2.05, 4.69) is 15.6 Å². The Morgan fingerprint density at radius 1 is 0.964 bits per heavy atom. The van der Waals surface area contributed by atoms with Crippen LogP contribution in [0.1, 0.15) is 21.6 Å². The molecule has 0 aliphatic heterocycles. The van der Waals surface area contributed by atoms with Crippen molar-refractivity contribution in [3.63, 3.8) is 0 Å². The van der Waals surface area contributed by atoms with Crippen LogP contribution in [0.25, 0.3) is 0 Å². The van der Waals surface area contributed by atoms with E-state index in [4.69, 9.17) is 9.47 Å². The van der Waals surface area contributed by atoms with Gasteiger partial charge >= 0.3 is 0 Å². The summed E-state index contributed by atoms with van der Waals surface area (Å²) in [7, 11) is 3.17. The number of rotatable bonds is 7. The minimum absolute atomic E-state index is 0.239. The summed E-state index contributed by atoms with van der Waals surface area (Å²) in [4.78, 5) is 16.6. The molecule has 6 nitrogen and oxygen atoms in total. The Bertz CT molecular complexity index is 955. The normalized spacial score (nSPS) is 10.2. The number of methoxy groups -OCH3 is 2. The van der Waals surface area contributed by atoms with Crippen molar-refractivity contribution in [2.24, 2.45) is 0 Å². The molecule has 1 heterocycles. The topological polar surface area (TPSA) is 72.5 Å². The molecule has 2 N–H and O–H groups in total. The van der Waals surface area contributed by atoms with E-state index in [0.29, 0.717) is 23.7 Å². The van der Waals surface area contributed by atoms with E-state index in [0.717, 1.165) is 16.9 Å². The molecule has 0 fully saturated rings. The maximum atomic E-state index is 12.4. The molecular weight excluding hydrogens is 354 g/mol. The molecule has 1 amide bonds. The predicted molar refractivity (Wildman–Crippen MR) is 109 cm³/mol. The Kier molecular flexibility index (Phi) is 6.11. The van der Waals surface area contributed by atoms with Crippen LogP contribution in [-0.2, 0) is 6.54 Å². The van der Waals surface area contributed by atoms with Crippen molar-refractivity contribution >= 4 is 17.3 Å². The van der Waals surface area contributed by atoms with Crippen LogP contribution in [0, 0.1) is 6.92 Å². The van der Waals surface area contributed by atoms with Crippen LogP contribution in [0.15, 0.2) is 60.8 Å². The van der Waals surface area contributed by atoms with E-state index in [1.165, 1.54) is 5.56 Å². The van der Waals surface area contributed by atoms with Crippen LogP contribution in [0.3, 0.4) is 0 Å². The maximum Gasteiger partial charge on any atom is 0.270 e. The molecule has 3 rings (SSSR count). The van der Waals surface area contributed by atoms with Gasteiger partial charge in [-0.2, -0.15) is 0 Å². The first-order valence-corrected chi connectivity index (χ1v) is 8.88. The fourth-order valence-electron chi connectivity index (χ4n) is 2.76. The highest BCUT2D eigenvalue weighted by atomic mass is 16.5. The SMILES string of the molecule is COc1ccc(CNC(=O)c2ccc(Nc3cccc(C)c3)cn2)cc1OC. The number of benzene rings is 2. The number of pyridine rings is 1. The molecule has 6 heteroatoms. The zero-order valence-corrected chi connectivity index (χ0v) is 16.2. The molecule has 1 aromatic heterocycles. The number of amides is 1. The lowest BCUT2D eigenvalue weighted by Crippen LogP contribution is -2.23. The van der Waals surface area contributed by atoms with Gasteiger partial charge in [-0.25, -0.2) is 4.98 Å². The lowest BCUT2D eigenvalue weighted by Gasteiger charge is -2.11. The minimum Gasteiger partial charge on any atom is -0.493 e. The fourth-order valence-corrected chi connectivity index (χ4v) is 2.76. The number of aromatic nitrogens is 1. The van der Waals surface area contributed by atoms with Crippen molar-refractivity contribution < 1.29 is 14.3 Å².